The second-order valence-electron chi connectivity index (χ2n) is 13.5. The molecule has 58 heavy (non-hydrogen) atoms. The van der Waals surface area contributed by atoms with Crippen LogP contribution in [0.5, 0.6) is 0 Å². The van der Waals surface area contributed by atoms with Crippen molar-refractivity contribution in [3.63, 3.8) is 0 Å². The molecule has 336 valence electrons. The van der Waals surface area contributed by atoms with Crippen LogP contribution in [0.1, 0.15) is 71.6 Å². The molecule has 0 unspecified atom stereocenters. The van der Waals surface area contributed by atoms with Gasteiger partial charge in [-0.05, 0) is 68.5 Å². The van der Waals surface area contributed by atoms with Gasteiger partial charge in [0.05, 0.1) is 65.7 Å². The van der Waals surface area contributed by atoms with Gasteiger partial charge in [0, 0.05) is 49.6 Å². The molecule has 0 heterocycles. The first-order valence-corrected chi connectivity index (χ1v) is 23.6. The highest BCUT2D eigenvalue weighted by molar-refractivity contribution is 8.13. The van der Waals surface area contributed by atoms with Crippen LogP contribution in [0.15, 0.2) is 37.5 Å². The standard InChI is InChI=1S/C42H72O13S3/c1-6-17-47-23-25-49-19-8-10-29-56-31-12-21-51-34-42(5,35-52-22-13-32-57-30-11-9-20-50-26-24-48-18-7-2)36-55-39(44)16-33-58-40(45)15-14-38(43)53-27-28-54-41(46)37(3)4/h6-7H,1-3,8-36H2,4-5H3. The molecule has 0 aromatic rings. The molecule has 0 rings (SSSR count). The minimum absolute atomic E-state index is 0.0297. The van der Waals surface area contributed by atoms with Crippen LogP contribution in [0.2, 0.25) is 0 Å². The lowest BCUT2D eigenvalue weighted by Gasteiger charge is -2.28. The van der Waals surface area contributed by atoms with E-state index in [0.717, 1.165) is 86.5 Å². The Morgan fingerprint density at radius 3 is 1.53 bits per heavy atom. The zero-order valence-corrected chi connectivity index (χ0v) is 37.8. The summed E-state index contributed by atoms with van der Waals surface area (Å²) in [5.74, 6) is 2.83. The lowest BCUT2D eigenvalue weighted by atomic mass is 9.94. The predicted octanol–water partition coefficient (Wildman–Crippen LogP) is 6.91. The van der Waals surface area contributed by atoms with Crippen LogP contribution in [-0.2, 0) is 61.8 Å². The third-order valence-electron chi connectivity index (χ3n) is 7.54. The van der Waals surface area contributed by atoms with E-state index in [2.05, 4.69) is 19.7 Å². The maximum atomic E-state index is 12.6. The topological polar surface area (TPSA) is 151 Å². The number of hydrogen-bond donors (Lipinski definition) is 0. The van der Waals surface area contributed by atoms with Gasteiger partial charge >= 0.3 is 17.9 Å². The van der Waals surface area contributed by atoms with E-state index in [1.807, 2.05) is 30.4 Å². The number of thioether (sulfide) groups is 3. The minimum atomic E-state index is -0.570. The van der Waals surface area contributed by atoms with Crippen molar-refractivity contribution in [2.45, 2.75) is 71.6 Å². The molecule has 0 aliphatic heterocycles. The average Bonchev–Trinajstić information content (AvgIpc) is 3.20. The fourth-order valence-corrected chi connectivity index (χ4v) is 7.03. The molecule has 0 spiro atoms. The first-order chi connectivity index (χ1) is 28.1. The van der Waals surface area contributed by atoms with Crippen molar-refractivity contribution in [1.82, 2.24) is 0 Å². The van der Waals surface area contributed by atoms with Crippen molar-refractivity contribution in [3.05, 3.63) is 37.5 Å². The van der Waals surface area contributed by atoms with E-state index in [1.54, 1.807) is 12.2 Å². The van der Waals surface area contributed by atoms with Gasteiger partial charge in [0.2, 0.25) is 0 Å². The second-order valence-corrected chi connectivity index (χ2v) is 17.1. The number of carbonyl (C=O) groups is 4. The maximum Gasteiger partial charge on any atom is 0.333 e. The van der Waals surface area contributed by atoms with E-state index >= 15 is 0 Å². The molecule has 0 fully saturated rings. The number of carbonyl (C=O) groups excluding carboxylic acids is 4. The molecule has 13 nitrogen and oxygen atoms in total. The number of unbranched alkanes of at least 4 members (excludes halogenated alkanes) is 2. The molecular weight excluding hydrogens is 809 g/mol. The SMILES string of the molecule is C=CCOCCOCCCCSCCCOCC(C)(COCCCSCCCCOCCOCC=C)COC(=O)CCSC(=O)CCC(=O)OCCOC(=O)C(=C)C. The Bertz CT molecular complexity index is 1050. The summed E-state index contributed by atoms with van der Waals surface area (Å²) in [6.07, 6.45) is 9.44. The second kappa shape index (κ2) is 41.8. The van der Waals surface area contributed by atoms with Gasteiger partial charge in [-0.15, -0.1) is 13.2 Å². The van der Waals surface area contributed by atoms with Gasteiger partial charge in [0.25, 0.3) is 0 Å². The fourth-order valence-electron chi connectivity index (χ4n) is 4.42. The van der Waals surface area contributed by atoms with Crippen LogP contribution in [0.25, 0.3) is 0 Å². The highest BCUT2D eigenvalue weighted by atomic mass is 32.2. The Kier molecular flexibility index (Phi) is 40.5. The zero-order chi connectivity index (χ0) is 42.8. The summed E-state index contributed by atoms with van der Waals surface area (Å²) in [7, 11) is 0. The van der Waals surface area contributed by atoms with E-state index in [-0.39, 0.29) is 55.5 Å². The van der Waals surface area contributed by atoms with Gasteiger partial charge in [-0.1, -0.05) is 37.4 Å². The van der Waals surface area contributed by atoms with E-state index in [9.17, 15) is 19.2 Å². The monoisotopic (exact) mass is 880 g/mol. The van der Waals surface area contributed by atoms with Crippen molar-refractivity contribution < 1.29 is 61.8 Å². The number of hydrogen-bond acceptors (Lipinski definition) is 16. The maximum absolute atomic E-state index is 12.6. The van der Waals surface area contributed by atoms with Crippen molar-refractivity contribution >= 4 is 58.3 Å². The van der Waals surface area contributed by atoms with Gasteiger partial charge < -0.3 is 42.6 Å². The number of esters is 3. The molecule has 0 radical (unpaired) electrons. The molecule has 0 saturated carbocycles. The number of ether oxygens (including phenoxy) is 9. The summed E-state index contributed by atoms with van der Waals surface area (Å²) < 4.78 is 49.3. The largest absolute Gasteiger partial charge is 0.465 e. The number of rotatable bonds is 44. The van der Waals surface area contributed by atoms with Crippen molar-refractivity contribution in [2.24, 2.45) is 5.41 Å². The molecule has 0 aliphatic rings. The summed E-state index contributed by atoms with van der Waals surface area (Å²) >= 11 is 4.78. The third-order valence-corrected chi connectivity index (χ3v) is 10.8. The molecular formula is C42H72O13S3. The molecule has 0 bridgehead atoms. The quantitative estimate of drug-likeness (QED) is 0.0205. The van der Waals surface area contributed by atoms with Gasteiger partial charge in [0.15, 0.2) is 5.12 Å². The third kappa shape index (κ3) is 39.6. The minimum Gasteiger partial charge on any atom is -0.465 e. The first kappa shape index (κ1) is 56.1. The van der Waals surface area contributed by atoms with E-state index in [4.69, 9.17) is 42.6 Å². The van der Waals surface area contributed by atoms with Gasteiger partial charge in [-0.25, -0.2) is 4.79 Å². The van der Waals surface area contributed by atoms with Crippen LogP contribution >= 0.6 is 35.3 Å². The van der Waals surface area contributed by atoms with Crippen molar-refractivity contribution in [3.8, 4) is 0 Å². The summed E-state index contributed by atoms with van der Waals surface area (Å²) in [4.78, 5) is 48.1. The Hall–Kier alpha value is -1.89. The van der Waals surface area contributed by atoms with E-state index in [1.165, 1.54) is 6.92 Å². The molecule has 16 heteroatoms. The molecule has 0 amide bonds. The first-order valence-electron chi connectivity index (χ1n) is 20.3. The molecule has 0 aliphatic carbocycles. The Morgan fingerprint density at radius 1 is 0.517 bits per heavy atom. The van der Waals surface area contributed by atoms with Crippen LogP contribution < -0.4 is 0 Å². The van der Waals surface area contributed by atoms with Gasteiger partial charge in [-0.3, -0.25) is 14.4 Å². The summed E-state index contributed by atoms with van der Waals surface area (Å²) in [5.41, 5.74) is -0.281. The molecule has 0 N–H and O–H groups in total. The summed E-state index contributed by atoms with van der Waals surface area (Å²) in [6, 6.07) is 0. The lowest BCUT2D eigenvalue weighted by molar-refractivity contribution is -0.150. The Morgan fingerprint density at radius 2 is 1.00 bits per heavy atom. The molecule has 0 saturated heterocycles. The molecule has 0 atom stereocenters. The zero-order valence-electron chi connectivity index (χ0n) is 35.3. The van der Waals surface area contributed by atoms with Crippen molar-refractivity contribution in [1.29, 1.82) is 0 Å². The smallest absolute Gasteiger partial charge is 0.333 e. The molecule has 0 aromatic heterocycles. The van der Waals surface area contributed by atoms with Crippen LogP contribution in [-0.4, -0.2) is 151 Å². The van der Waals surface area contributed by atoms with Gasteiger partial charge in [0.1, 0.15) is 19.8 Å². The summed E-state index contributed by atoms with van der Waals surface area (Å²) in [6.45, 7) is 21.1. The summed E-state index contributed by atoms with van der Waals surface area (Å²) in [5, 5.41) is -0.230. The van der Waals surface area contributed by atoms with Gasteiger partial charge in [-0.2, -0.15) is 23.5 Å². The van der Waals surface area contributed by atoms with E-state index < -0.39 is 23.3 Å². The Balaban J connectivity index is 4.41. The lowest BCUT2D eigenvalue weighted by Crippen LogP contribution is -2.35. The predicted molar refractivity (Wildman–Crippen MR) is 235 cm³/mol. The average molecular weight is 881 g/mol. The van der Waals surface area contributed by atoms with E-state index in [0.29, 0.717) is 66.1 Å². The normalized spacial score (nSPS) is 11.3. The molecule has 0 aromatic carbocycles. The van der Waals surface area contributed by atoms with Crippen LogP contribution in [0.3, 0.4) is 0 Å². The van der Waals surface area contributed by atoms with Crippen LogP contribution in [0.4, 0.5) is 0 Å². The Labute approximate surface area is 361 Å². The highest BCUT2D eigenvalue weighted by Crippen LogP contribution is 2.20. The highest BCUT2D eigenvalue weighted by Gasteiger charge is 2.28. The fraction of sp³-hybridized carbons (Fsp3) is 0.762. The van der Waals surface area contributed by atoms with Crippen molar-refractivity contribution in [2.75, 3.05) is 128 Å². The van der Waals surface area contributed by atoms with Crippen LogP contribution in [0, 0.1) is 5.41 Å².